The first-order valence-corrected chi connectivity index (χ1v) is 14.7. The van der Waals surface area contributed by atoms with Crippen LogP contribution in [0.25, 0.3) is 23.0 Å². The van der Waals surface area contributed by atoms with Crippen LogP contribution in [0, 0.1) is 24.1 Å². The van der Waals surface area contributed by atoms with E-state index in [2.05, 4.69) is 0 Å². The molecule has 0 saturated carbocycles. The summed E-state index contributed by atoms with van der Waals surface area (Å²) in [5.41, 5.74) is 5.86. The van der Waals surface area contributed by atoms with Gasteiger partial charge in [-0.25, -0.2) is 9.07 Å². The van der Waals surface area contributed by atoms with Gasteiger partial charge in [-0.05, 0) is 73.0 Å². The van der Waals surface area contributed by atoms with Gasteiger partial charge in [0.25, 0.3) is 11.8 Å². The number of hydrogen-bond donors (Lipinski definition) is 0. The van der Waals surface area contributed by atoms with Gasteiger partial charge in [-0.1, -0.05) is 72.3 Å². The summed E-state index contributed by atoms with van der Waals surface area (Å²) in [6.07, 6.45) is 3.51. The van der Waals surface area contributed by atoms with E-state index in [1.54, 1.807) is 29.8 Å². The summed E-state index contributed by atoms with van der Waals surface area (Å²) < 4.78 is 21.1. The Labute approximate surface area is 266 Å². The maximum Gasteiger partial charge on any atom is 0.271 e. The Morgan fingerprint density at radius 2 is 1.59 bits per heavy atom. The van der Waals surface area contributed by atoms with Crippen molar-refractivity contribution in [2.45, 2.75) is 27.0 Å². The maximum atomic E-state index is 13.9. The lowest BCUT2D eigenvalue weighted by Crippen LogP contribution is -2.42. The highest BCUT2D eigenvalue weighted by molar-refractivity contribution is 6.19. The highest BCUT2D eigenvalue weighted by Gasteiger charge is 2.35. The van der Waals surface area contributed by atoms with Crippen molar-refractivity contribution in [2.75, 3.05) is 0 Å². The molecule has 8 heteroatoms. The number of imide groups is 1. The van der Waals surface area contributed by atoms with E-state index in [1.165, 1.54) is 12.1 Å². The Bertz CT molecular complexity index is 2040. The van der Waals surface area contributed by atoms with Crippen LogP contribution in [0.2, 0.25) is 0 Å². The van der Waals surface area contributed by atoms with E-state index >= 15 is 0 Å². The molecule has 6 rings (SSSR count). The van der Waals surface area contributed by atoms with Crippen LogP contribution in [0.4, 0.5) is 4.39 Å². The molecule has 1 aliphatic heterocycles. The van der Waals surface area contributed by atoms with Gasteiger partial charge in [0.1, 0.15) is 35.5 Å². The predicted molar refractivity (Wildman–Crippen MR) is 173 cm³/mol. The molecule has 1 aliphatic rings. The zero-order valence-corrected chi connectivity index (χ0v) is 25.3. The lowest BCUT2D eigenvalue weighted by Gasteiger charge is -2.27. The molecule has 0 spiro atoms. The van der Waals surface area contributed by atoms with E-state index in [9.17, 15) is 19.2 Å². The fraction of sp³-hybridized carbons (Fsp3) is 0.105. The van der Waals surface area contributed by atoms with Gasteiger partial charge in [0.2, 0.25) is 0 Å². The molecule has 0 bridgehead atoms. The van der Waals surface area contributed by atoms with Gasteiger partial charge in [0, 0.05) is 22.9 Å². The van der Waals surface area contributed by atoms with Crippen molar-refractivity contribution in [1.82, 2.24) is 14.7 Å². The third-order valence-electron chi connectivity index (χ3n) is 7.78. The molecule has 0 unspecified atom stereocenters. The molecule has 0 saturated heterocycles. The van der Waals surface area contributed by atoms with E-state index in [1.807, 2.05) is 98.1 Å². The molecule has 226 valence electrons. The number of amides is 2. The number of nitrogens with zero attached hydrogens (tertiary/aromatic N) is 4. The van der Waals surface area contributed by atoms with Crippen LogP contribution in [0.5, 0.6) is 5.75 Å². The van der Waals surface area contributed by atoms with Crippen LogP contribution in [-0.4, -0.2) is 26.5 Å². The standard InChI is InChI=1S/C38H29FN4O3/c1-25-11-13-27(14-12-25)22-42-37(44)34(26(2)35(21-40)38(42)45)20-30-23-43(32-8-4-3-5-9-32)41-36(30)29-7-6-10-33(19-29)46-24-28-15-17-31(39)18-16-28/h3-20,23H,22,24H2,1-2H3/b34-20+. The van der Waals surface area contributed by atoms with Crippen molar-refractivity contribution in [3.8, 4) is 28.8 Å². The van der Waals surface area contributed by atoms with Gasteiger partial charge in [-0.2, -0.15) is 10.4 Å². The number of para-hydroxylation sites is 1. The second kappa shape index (κ2) is 12.9. The minimum absolute atomic E-state index is 0.0390. The average Bonchev–Trinajstić information content (AvgIpc) is 3.50. The Morgan fingerprint density at radius 1 is 0.870 bits per heavy atom. The molecule has 0 atom stereocenters. The highest BCUT2D eigenvalue weighted by atomic mass is 19.1. The topological polar surface area (TPSA) is 88.2 Å². The number of aryl methyl sites for hydroxylation is 1. The Hall–Kier alpha value is -6.07. The molecular weight excluding hydrogens is 579 g/mol. The van der Waals surface area contributed by atoms with Crippen molar-refractivity contribution in [3.63, 3.8) is 0 Å². The smallest absolute Gasteiger partial charge is 0.271 e. The summed E-state index contributed by atoms with van der Waals surface area (Å²) in [5, 5.41) is 14.8. The molecule has 0 radical (unpaired) electrons. The highest BCUT2D eigenvalue weighted by Crippen LogP contribution is 2.33. The molecular formula is C38H29FN4O3. The van der Waals surface area contributed by atoms with Crippen molar-refractivity contribution < 1.29 is 18.7 Å². The molecule has 7 nitrogen and oxygen atoms in total. The Kier molecular flexibility index (Phi) is 8.40. The summed E-state index contributed by atoms with van der Waals surface area (Å²) >= 11 is 0. The average molecular weight is 609 g/mol. The van der Waals surface area contributed by atoms with Gasteiger partial charge in [-0.3, -0.25) is 14.5 Å². The number of carbonyl (C=O) groups excluding carboxylic acids is 2. The van der Waals surface area contributed by atoms with Crippen LogP contribution in [-0.2, 0) is 22.7 Å². The minimum atomic E-state index is -0.617. The second-order valence-electron chi connectivity index (χ2n) is 11.0. The van der Waals surface area contributed by atoms with Gasteiger partial charge < -0.3 is 4.74 Å². The summed E-state index contributed by atoms with van der Waals surface area (Å²) in [7, 11) is 0. The fourth-order valence-corrected chi connectivity index (χ4v) is 5.22. The van der Waals surface area contributed by atoms with E-state index in [0.29, 0.717) is 22.6 Å². The lowest BCUT2D eigenvalue weighted by atomic mass is 9.93. The van der Waals surface area contributed by atoms with Crippen LogP contribution >= 0.6 is 0 Å². The zero-order chi connectivity index (χ0) is 32.2. The summed E-state index contributed by atoms with van der Waals surface area (Å²) in [6.45, 7) is 3.87. The van der Waals surface area contributed by atoms with E-state index < -0.39 is 11.8 Å². The summed E-state index contributed by atoms with van der Waals surface area (Å²) in [5.74, 6) is -0.834. The molecule has 0 N–H and O–H groups in total. The SMILES string of the molecule is CC1=C(C#N)C(=O)N(Cc2ccc(C)cc2)C(=O)/C1=C/c1cn(-c2ccccc2)nc1-c1cccc(OCc2ccc(F)cc2)c1. The minimum Gasteiger partial charge on any atom is -0.489 e. The van der Waals surface area contributed by atoms with Gasteiger partial charge in [0.05, 0.1) is 12.2 Å². The largest absolute Gasteiger partial charge is 0.489 e. The number of hydrogen-bond acceptors (Lipinski definition) is 5. The number of halogens is 1. The lowest BCUT2D eigenvalue weighted by molar-refractivity contribution is -0.141. The van der Waals surface area contributed by atoms with Gasteiger partial charge in [-0.15, -0.1) is 0 Å². The third-order valence-corrected chi connectivity index (χ3v) is 7.78. The zero-order valence-electron chi connectivity index (χ0n) is 25.3. The van der Waals surface area contributed by atoms with Crippen molar-refractivity contribution in [2.24, 2.45) is 0 Å². The molecule has 0 aliphatic carbocycles. The van der Waals surface area contributed by atoms with E-state index in [4.69, 9.17) is 9.84 Å². The Balaban J connectivity index is 1.41. The number of ether oxygens (including phenoxy) is 1. The van der Waals surface area contributed by atoms with Gasteiger partial charge >= 0.3 is 0 Å². The fourth-order valence-electron chi connectivity index (χ4n) is 5.22. The van der Waals surface area contributed by atoms with Crippen molar-refractivity contribution in [1.29, 1.82) is 5.26 Å². The number of benzene rings is 4. The number of aromatic nitrogens is 2. The van der Waals surface area contributed by atoms with Crippen molar-refractivity contribution >= 4 is 17.9 Å². The maximum absolute atomic E-state index is 13.9. The first-order valence-electron chi connectivity index (χ1n) is 14.7. The first kappa shape index (κ1) is 30.0. The first-order chi connectivity index (χ1) is 22.3. The molecule has 0 fully saturated rings. The molecule has 46 heavy (non-hydrogen) atoms. The third kappa shape index (κ3) is 6.26. The normalized spacial score (nSPS) is 14.1. The van der Waals surface area contributed by atoms with Crippen LogP contribution < -0.4 is 4.74 Å². The number of carbonyl (C=O) groups is 2. The van der Waals surface area contributed by atoms with Crippen molar-refractivity contribution in [3.05, 3.63) is 154 Å². The molecule has 1 aromatic heterocycles. The molecule has 4 aromatic carbocycles. The van der Waals surface area contributed by atoms with Crippen LogP contribution in [0.15, 0.2) is 126 Å². The molecule has 2 amide bonds. The number of nitriles is 1. The second-order valence-corrected chi connectivity index (χ2v) is 11.0. The van der Waals surface area contributed by atoms with Crippen LogP contribution in [0.3, 0.4) is 0 Å². The molecule has 5 aromatic rings. The summed E-state index contributed by atoms with van der Waals surface area (Å²) in [6, 6.07) is 32.7. The van der Waals surface area contributed by atoms with E-state index in [0.717, 1.165) is 32.8 Å². The monoisotopic (exact) mass is 608 g/mol. The van der Waals surface area contributed by atoms with E-state index in [-0.39, 0.29) is 30.1 Å². The number of rotatable bonds is 8. The quantitative estimate of drug-likeness (QED) is 0.136. The Morgan fingerprint density at radius 3 is 2.30 bits per heavy atom. The van der Waals surface area contributed by atoms with Crippen LogP contribution in [0.1, 0.15) is 29.2 Å². The van der Waals surface area contributed by atoms with Gasteiger partial charge in [0.15, 0.2) is 0 Å². The molecule has 2 heterocycles. The summed E-state index contributed by atoms with van der Waals surface area (Å²) in [4.78, 5) is 28.3. The predicted octanol–water partition coefficient (Wildman–Crippen LogP) is 7.36.